The lowest BCUT2D eigenvalue weighted by Gasteiger charge is -2.38. The number of benzene rings is 1. The summed E-state index contributed by atoms with van der Waals surface area (Å²) < 4.78 is 13.6. The van der Waals surface area contributed by atoms with Crippen LogP contribution < -0.4 is 5.32 Å². The molecule has 19 heavy (non-hydrogen) atoms. The van der Waals surface area contributed by atoms with Crippen molar-refractivity contribution < 1.29 is 19.1 Å². The minimum absolute atomic E-state index is 0.000741. The monoisotopic (exact) mass is 330 g/mol. The summed E-state index contributed by atoms with van der Waals surface area (Å²) in [5.41, 5.74) is 0.353. The fourth-order valence-corrected chi connectivity index (χ4v) is 2.25. The Morgan fingerprint density at radius 1 is 1.47 bits per heavy atom. The number of carbonyl (C=O) groups is 2. The van der Waals surface area contributed by atoms with Gasteiger partial charge in [-0.15, -0.1) is 0 Å². The van der Waals surface area contributed by atoms with Crippen molar-refractivity contribution >= 4 is 33.6 Å². The minimum atomic E-state index is -0.863. The van der Waals surface area contributed by atoms with Crippen LogP contribution in [0.1, 0.15) is 6.42 Å². The number of likely N-dealkylation sites (tertiary alicyclic amines) is 1. The van der Waals surface area contributed by atoms with E-state index in [1.807, 2.05) is 0 Å². The van der Waals surface area contributed by atoms with E-state index < -0.39 is 11.8 Å². The average molecular weight is 331 g/mol. The number of carboxylic acid groups (broad SMARTS) is 1. The van der Waals surface area contributed by atoms with E-state index in [0.717, 1.165) is 0 Å². The number of carboxylic acids is 1. The fourth-order valence-electron chi connectivity index (χ4n) is 1.90. The second-order valence-electron chi connectivity index (χ2n) is 4.42. The van der Waals surface area contributed by atoms with Gasteiger partial charge >= 0.3 is 12.0 Å². The number of hydrogen-bond acceptors (Lipinski definition) is 2. The van der Waals surface area contributed by atoms with Gasteiger partial charge in [0.05, 0.1) is 12.1 Å². The summed E-state index contributed by atoms with van der Waals surface area (Å²) in [5, 5.41) is 11.2. The van der Waals surface area contributed by atoms with Crippen LogP contribution in [0.3, 0.4) is 0 Å². The van der Waals surface area contributed by atoms with Gasteiger partial charge in [0.1, 0.15) is 5.82 Å². The molecule has 0 atom stereocenters. The molecule has 0 aromatic heterocycles. The molecule has 1 fully saturated rings. The molecule has 0 unspecified atom stereocenters. The predicted octanol–water partition coefficient (Wildman–Crippen LogP) is 2.53. The van der Waals surface area contributed by atoms with Crippen molar-refractivity contribution in [3.8, 4) is 0 Å². The first-order valence-electron chi connectivity index (χ1n) is 5.68. The van der Waals surface area contributed by atoms with E-state index in [2.05, 4.69) is 21.2 Å². The maximum absolute atomic E-state index is 13.0. The van der Waals surface area contributed by atoms with E-state index in [1.165, 1.54) is 23.1 Å². The Balaban J connectivity index is 1.89. The minimum Gasteiger partial charge on any atom is -0.481 e. The molecule has 2 N–H and O–H groups in total. The quantitative estimate of drug-likeness (QED) is 0.894. The lowest BCUT2D eigenvalue weighted by Crippen LogP contribution is -2.52. The van der Waals surface area contributed by atoms with Gasteiger partial charge in [-0.2, -0.15) is 0 Å². The first kappa shape index (κ1) is 13.8. The molecule has 1 saturated heterocycles. The highest BCUT2D eigenvalue weighted by Crippen LogP contribution is 2.25. The Labute approximate surface area is 117 Å². The molecule has 1 heterocycles. The number of anilines is 1. The highest BCUT2D eigenvalue weighted by molar-refractivity contribution is 9.10. The number of rotatable bonds is 3. The van der Waals surface area contributed by atoms with Crippen molar-refractivity contribution in [2.45, 2.75) is 6.42 Å². The Bertz CT molecular complexity index is 518. The zero-order valence-electron chi connectivity index (χ0n) is 9.90. The molecule has 1 aliphatic rings. The van der Waals surface area contributed by atoms with Gasteiger partial charge in [0.15, 0.2) is 0 Å². The molecule has 102 valence electrons. The van der Waals surface area contributed by atoms with Gasteiger partial charge in [0.25, 0.3) is 0 Å². The summed E-state index contributed by atoms with van der Waals surface area (Å²) in [7, 11) is 0. The maximum atomic E-state index is 13.0. The number of carbonyl (C=O) groups excluding carboxylic acids is 1. The largest absolute Gasteiger partial charge is 0.481 e. The predicted molar refractivity (Wildman–Crippen MR) is 70.4 cm³/mol. The molecule has 2 amide bonds. The molecule has 1 aliphatic heterocycles. The third-order valence-corrected chi connectivity index (χ3v) is 3.57. The standard InChI is InChI=1S/C12H12BrFN2O3/c13-9-2-1-8(14)4-10(9)15-12(19)16-5-7(6-16)3-11(17)18/h1-2,4,7H,3,5-6H2,(H,15,19)(H,17,18). The van der Waals surface area contributed by atoms with Crippen LogP contribution in [-0.4, -0.2) is 35.1 Å². The second-order valence-corrected chi connectivity index (χ2v) is 5.28. The van der Waals surface area contributed by atoms with Crippen molar-refractivity contribution in [3.05, 3.63) is 28.5 Å². The molecule has 1 aromatic carbocycles. The van der Waals surface area contributed by atoms with Gasteiger partial charge in [-0.25, -0.2) is 9.18 Å². The molecule has 0 saturated carbocycles. The van der Waals surface area contributed by atoms with E-state index >= 15 is 0 Å². The smallest absolute Gasteiger partial charge is 0.321 e. The summed E-state index contributed by atoms with van der Waals surface area (Å²) in [5.74, 6) is -1.30. The Hall–Kier alpha value is -1.63. The van der Waals surface area contributed by atoms with Gasteiger partial charge in [-0.1, -0.05) is 0 Å². The third kappa shape index (κ3) is 3.44. The van der Waals surface area contributed by atoms with E-state index in [1.54, 1.807) is 0 Å². The lowest BCUT2D eigenvalue weighted by atomic mass is 9.97. The first-order chi connectivity index (χ1) is 8.95. The van der Waals surface area contributed by atoms with Gasteiger partial charge in [0, 0.05) is 23.5 Å². The summed E-state index contributed by atoms with van der Waals surface area (Å²) >= 11 is 3.21. The Kier molecular flexibility index (Phi) is 4.04. The van der Waals surface area contributed by atoms with Crippen LogP contribution in [0.4, 0.5) is 14.9 Å². The SMILES string of the molecule is O=C(O)CC1CN(C(=O)Nc2cc(F)ccc2Br)C1. The summed E-state index contributed by atoms with van der Waals surface area (Å²) in [6.07, 6.45) is 0.0629. The van der Waals surface area contributed by atoms with Crippen LogP contribution >= 0.6 is 15.9 Å². The summed E-state index contributed by atoms with van der Waals surface area (Å²) in [4.78, 5) is 23.8. The average Bonchev–Trinajstić information content (AvgIpc) is 2.27. The van der Waals surface area contributed by atoms with E-state index in [4.69, 9.17) is 5.11 Å². The molecule has 7 heteroatoms. The van der Waals surface area contributed by atoms with Crippen molar-refractivity contribution in [1.82, 2.24) is 4.90 Å². The Morgan fingerprint density at radius 2 is 2.16 bits per heavy atom. The van der Waals surface area contributed by atoms with Crippen LogP contribution in [0.25, 0.3) is 0 Å². The van der Waals surface area contributed by atoms with Gasteiger partial charge in [-0.05, 0) is 34.1 Å². The van der Waals surface area contributed by atoms with Crippen molar-refractivity contribution in [2.24, 2.45) is 5.92 Å². The van der Waals surface area contributed by atoms with Crippen LogP contribution in [0, 0.1) is 11.7 Å². The number of urea groups is 1. The highest BCUT2D eigenvalue weighted by Gasteiger charge is 2.32. The molecule has 5 nitrogen and oxygen atoms in total. The maximum Gasteiger partial charge on any atom is 0.321 e. The summed E-state index contributed by atoms with van der Waals surface area (Å²) in [6.45, 7) is 0.816. The number of hydrogen-bond donors (Lipinski definition) is 2. The van der Waals surface area contributed by atoms with E-state index in [-0.39, 0.29) is 18.4 Å². The van der Waals surface area contributed by atoms with Gasteiger partial charge in [0.2, 0.25) is 0 Å². The molecule has 0 aliphatic carbocycles. The van der Waals surface area contributed by atoms with Crippen LogP contribution in [0.15, 0.2) is 22.7 Å². The van der Waals surface area contributed by atoms with E-state index in [0.29, 0.717) is 23.2 Å². The second kappa shape index (κ2) is 5.56. The molecule has 0 spiro atoms. The summed E-state index contributed by atoms with van der Waals surface area (Å²) in [6, 6.07) is 3.66. The zero-order valence-corrected chi connectivity index (χ0v) is 11.5. The molecular weight excluding hydrogens is 319 g/mol. The number of halogens is 2. The molecule has 0 bridgehead atoms. The normalized spacial score (nSPS) is 14.9. The topological polar surface area (TPSA) is 69.6 Å². The lowest BCUT2D eigenvalue weighted by molar-refractivity contribution is -0.139. The molecule has 2 rings (SSSR count). The molecule has 0 radical (unpaired) electrons. The number of nitrogens with one attached hydrogen (secondary N) is 1. The van der Waals surface area contributed by atoms with Crippen LogP contribution in [0.2, 0.25) is 0 Å². The van der Waals surface area contributed by atoms with Crippen molar-refractivity contribution in [3.63, 3.8) is 0 Å². The van der Waals surface area contributed by atoms with Gasteiger partial charge < -0.3 is 15.3 Å². The van der Waals surface area contributed by atoms with Crippen LogP contribution in [-0.2, 0) is 4.79 Å². The van der Waals surface area contributed by atoms with E-state index in [9.17, 15) is 14.0 Å². The third-order valence-electron chi connectivity index (χ3n) is 2.88. The number of nitrogens with zero attached hydrogens (tertiary/aromatic N) is 1. The fraction of sp³-hybridized carbons (Fsp3) is 0.333. The highest BCUT2D eigenvalue weighted by atomic mass is 79.9. The number of aliphatic carboxylic acids is 1. The number of amides is 2. The van der Waals surface area contributed by atoms with Gasteiger partial charge in [-0.3, -0.25) is 4.79 Å². The molecular formula is C12H12BrFN2O3. The Morgan fingerprint density at radius 3 is 2.79 bits per heavy atom. The van der Waals surface area contributed by atoms with Crippen LogP contribution in [0.5, 0.6) is 0 Å². The molecule has 1 aromatic rings. The first-order valence-corrected chi connectivity index (χ1v) is 6.48. The zero-order chi connectivity index (χ0) is 14.0. The van der Waals surface area contributed by atoms with Crippen molar-refractivity contribution in [2.75, 3.05) is 18.4 Å². The van der Waals surface area contributed by atoms with Crippen molar-refractivity contribution in [1.29, 1.82) is 0 Å².